The zero-order chi connectivity index (χ0) is 20.3. The molecule has 0 aliphatic heterocycles. The van der Waals surface area contributed by atoms with Crippen molar-refractivity contribution in [1.82, 2.24) is 9.97 Å². The third-order valence-electron chi connectivity index (χ3n) is 3.85. The number of nitrogens with one attached hydrogen (secondary N) is 1. The Morgan fingerprint density at radius 3 is 2.46 bits per heavy atom. The van der Waals surface area contributed by atoms with Crippen LogP contribution in [0.3, 0.4) is 0 Å². The van der Waals surface area contributed by atoms with Crippen LogP contribution in [0.15, 0.2) is 53.7 Å². The van der Waals surface area contributed by atoms with Crippen LogP contribution in [0.5, 0.6) is 0 Å². The van der Waals surface area contributed by atoms with Crippen molar-refractivity contribution in [2.24, 2.45) is 0 Å². The molecule has 1 aromatic heterocycles. The molecule has 1 heterocycles. The Hall–Kier alpha value is -2.87. The van der Waals surface area contributed by atoms with Crippen LogP contribution in [-0.2, 0) is 4.79 Å². The quantitative estimate of drug-likeness (QED) is 0.371. The van der Waals surface area contributed by atoms with Gasteiger partial charge in [0.05, 0.1) is 16.6 Å². The zero-order valence-corrected chi connectivity index (χ0v) is 15.9. The second-order valence-corrected chi connectivity index (χ2v) is 7.32. The van der Waals surface area contributed by atoms with E-state index >= 15 is 0 Å². The van der Waals surface area contributed by atoms with Gasteiger partial charge in [-0.25, -0.2) is 23.1 Å². The van der Waals surface area contributed by atoms with Crippen molar-refractivity contribution >= 4 is 23.4 Å². The highest BCUT2D eigenvalue weighted by atomic mass is 32.2. The molecule has 28 heavy (non-hydrogen) atoms. The van der Waals surface area contributed by atoms with E-state index in [1.54, 1.807) is 6.92 Å². The SMILES string of the molecule is Cc1cc(-c2ccccc2)nc(S[C@H](C)C(=O)Nc2ccc(F)c(F)c2F)n1. The molecule has 0 saturated heterocycles. The smallest absolute Gasteiger partial charge is 0.237 e. The summed E-state index contributed by atoms with van der Waals surface area (Å²) in [5.41, 5.74) is 1.94. The predicted molar refractivity (Wildman–Crippen MR) is 102 cm³/mol. The molecule has 2 aromatic carbocycles. The van der Waals surface area contributed by atoms with E-state index in [0.29, 0.717) is 5.16 Å². The van der Waals surface area contributed by atoms with Crippen molar-refractivity contribution in [2.45, 2.75) is 24.3 Å². The molecule has 3 aromatic rings. The Kier molecular flexibility index (Phi) is 5.99. The Labute approximate surface area is 164 Å². The van der Waals surface area contributed by atoms with Gasteiger partial charge in [-0.2, -0.15) is 0 Å². The standard InChI is InChI=1S/C20H16F3N3OS/c1-11-10-16(13-6-4-3-5-7-13)26-20(24-11)28-12(2)19(27)25-15-9-8-14(21)17(22)18(15)23/h3-10,12H,1-2H3,(H,25,27)/t12-/m1/s1. The van der Waals surface area contributed by atoms with Crippen molar-refractivity contribution in [3.63, 3.8) is 0 Å². The van der Waals surface area contributed by atoms with Crippen LogP contribution in [0, 0.1) is 24.4 Å². The second kappa shape index (κ2) is 8.43. The van der Waals surface area contributed by atoms with Gasteiger partial charge in [-0.05, 0) is 32.0 Å². The first kappa shape index (κ1) is 19.9. The van der Waals surface area contributed by atoms with Crippen LogP contribution in [0.25, 0.3) is 11.3 Å². The first-order valence-electron chi connectivity index (χ1n) is 8.37. The van der Waals surface area contributed by atoms with Gasteiger partial charge in [-0.3, -0.25) is 4.79 Å². The van der Waals surface area contributed by atoms with E-state index in [2.05, 4.69) is 15.3 Å². The largest absolute Gasteiger partial charge is 0.323 e. The fraction of sp³-hybridized carbons (Fsp3) is 0.150. The van der Waals surface area contributed by atoms with Gasteiger partial charge in [0.15, 0.2) is 22.6 Å². The minimum absolute atomic E-state index is 0.382. The lowest BCUT2D eigenvalue weighted by Gasteiger charge is -2.13. The summed E-state index contributed by atoms with van der Waals surface area (Å²) < 4.78 is 40.1. The third-order valence-corrected chi connectivity index (χ3v) is 4.81. The number of aromatic nitrogens is 2. The number of anilines is 1. The third kappa shape index (κ3) is 4.51. The Balaban J connectivity index is 1.76. The number of rotatable bonds is 5. The maximum absolute atomic E-state index is 13.7. The zero-order valence-electron chi connectivity index (χ0n) is 15.0. The molecule has 4 nitrogen and oxygen atoms in total. The fourth-order valence-corrected chi connectivity index (χ4v) is 3.25. The molecular formula is C20H16F3N3OS. The van der Waals surface area contributed by atoms with Crippen molar-refractivity contribution in [3.05, 3.63) is 71.7 Å². The van der Waals surface area contributed by atoms with E-state index in [-0.39, 0.29) is 0 Å². The average Bonchev–Trinajstić information content (AvgIpc) is 2.68. The lowest BCUT2D eigenvalue weighted by Crippen LogP contribution is -2.23. The van der Waals surface area contributed by atoms with E-state index in [0.717, 1.165) is 40.8 Å². The summed E-state index contributed by atoms with van der Waals surface area (Å²) in [5, 5.41) is 1.95. The summed E-state index contributed by atoms with van der Waals surface area (Å²) in [7, 11) is 0. The number of thioether (sulfide) groups is 1. The van der Waals surface area contributed by atoms with Crippen LogP contribution in [0.1, 0.15) is 12.6 Å². The number of aryl methyl sites for hydroxylation is 1. The van der Waals surface area contributed by atoms with E-state index < -0.39 is 34.3 Å². The summed E-state index contributed by atoms with van der Waals surface area (Å²) in [6, 6.07) is 13.1. The lowest BCUT2D eigenvalue weighted by atomic mass is 10.1. The molecule has 0 aliphatic rings. The van der Waals surface area contributed by atoms with Gasteiger partial charge in [0.1, 0.15) is 0 Å². The molecule has 0 aliphatic carbocycles. The second-order valence-electron chi connectivity index (χ2n) is 6.02. The van der Waals surface area contributed by atoms with E-state index in [1.807, 2.05) is 43.3 Å². The molecule has 3 rings (SSSR count). The molecule has 0 spiro atoms. The minimum Gasteiger partial charge on any atom is -0.323 e. The number of halogens is 3. The summed E-state index contributed by atoms with van der Waals surface area (Å²) in [4.78, 5) is 21.1. The summed E-state index contributed by atoms with van der Waals surface area (Å²) in [5.74, 6) is -4.97. The van der Waals surface area contributed by atoms with Gasteiger partial charge in [-0.1, -0.05) is 42.1 Å². The monoisotopic (exact) mass is 403 g/mol. The van der Waals surface area contributed by atoms with E-state index in [9.17, 15) is 18.0 Å². The molecule has 0 fully saturated rings. The van der Waals surface area contributed by atoms with Gasteiger partial charge in [-0.15, -0.1) is 0 Å². The molecule has 0 unspecified atom stereocenters. The highest BCUT2D eigenvalue weighted by Crippen LogP contribution is 2.26. The summed E-state index contributed by atoms with van der Waals surface area (Å²) in [6.45, 7) is 3.41. The van der Waals surface area contributed by atoms with Gasteiger partial charge < -0.3 is 5.32 Å². The van der Waals surface area contributed by atoms with Crippen molar-refractivity contribution in [2.75, 3.05) is 5.32 Å². The van der Waals surface area contributed by atoms with Crippen LogP contribution in [-0.4, -0.2) is 21.1 Å². The minimum atomic E-state index is -1.63. The molecule has 1 N–H and O–H groups in total. The first-order chi connectivity index (χ1) is 13.3. The highest BCUT2D eigenvalue weighted by Gasteiger charge is 2.20. The van der Waals surface area contributed by atoms with Gasteiger partial charge in [0.2, 0.25) is 5.91 Å². The molecule has 1 amide bonds. The lowest BCUT2D eigenvalue weighted by molar-refractivity contribution is -0.115. The van der Waals surface area contributed by atoms with Crippen molar-refractivity contribution < 1.29 is 18.0 Å². The van der Waals surface area contributed by atoms with Crippen molar-refractivity contribution in [1.29, 1.82) is 0 Å². The summed E-state index contributed by atoms with van der Waals surface area (Å²) in [6.07, 6.45) is 0. The maximum Gasteiger partial charge on any atom is 0.237 e. The normalized spacial score (nSPS) is 11.9. The Bertz CT molecular complexity index is 1020. The van der Waals surface area contributed by atoms with Crippen LogP contribution in [0.2, 0.25) is 0 Å². The van der Waals surface area contributed by atoms with Crippen LogP contribution in [0.4, 0.5) is 18.9 Å². The number of hydrogen-bond donors (Lipinski definition) is 1. The number of carbonyl (C=O) groups is 1. The van der Waals surface area contributed by atoms with Gasteiger partial charge in [0, 0.05) is 11.3 Å². The number of carbonyl (C=O) groups excluding carboxylic acids is 1. The van der Waals surface area contributed by atoms with Crippen LogP contribution < -0.4 is 5.32 Å². The summed E-state index contributed by atoms with van der Waals surface area (Å²) >= 11 is 1.08. The van der Waals surface area contributed by atoms with Gasteiger partial charge >= 0.3 is 0 Å². The number of nitrogens with zero attached hydrogens (tertiary/aromatic N) is 2. The predicted octanol–water partition coefficient (Wildman–Crippen LogP) is 4.99. The first-order valence-corrected chi connectivity index (χ1v) is 9.25. The van der Waals surface area contributed by atoms with Crippen LogP contribution >= 0.6 is 11.8 Å². The topological polar surface area (TPSA) is 54.9 Å². The molecule has 0 bridgehead atoms. The Morgan fingerprint density at radius 1 is 1.04 bits per heavy atom. The van der Waals surface area contributed by atoms with E-state index in [1.165, 1.54) is 0 Å². The fourth-order valence-electron chi connectivity index (χ4n) is 2.42. The number of benzene rings is 2. The van der Waals surface area contributed by atoms with Crippen molar-refractivity contribution in [3.8, 4) is 11.3 Å². The molecule has 0 saturated carbocycles. The molecule has 8 heteroatoms. The number of hydrogen-bond acceptors (Lipinski definition) is 4. The molecular weight excluding hydrogens is 387 g/mol. The van der Waals surface area contributed by atoms with E-state index in [4.69, 9.17) is 0 Å². The maximum atomic E-state index is 13.7. The number of amides is 1. The molecule has 0 radical (unpaired) electrons. The Morgan fingerprint density at radius 2 is 1.75 bits per heavy atom. The average molecular weight is 403 g/mol. The molecule has 144 valence electrons. The molecule has 1 atom stereocenters. The van der Waals surface area contributed by atoms with Gasteiger partial charge in [0.25, 0.3) is 0 Å². The highest BCUT2D eigenvalue weighted by molar-refractivity contribution is 8.00.